The quantitative estimate of drug-likeness (QED) is 0.0837. The van der Waals surface area contributed by atoms with E-state index in [1.54, 1.807) is 6.92 Å². The number of hydrogen-bond acceptors (Lipinski definition) is 7. The highest BCUT2D eigenvalue weighted by molar-refractivity contribution is 5.98. The first kappa shape index (κ1) is 44.6. The van der Waals surface area contributed by atoms with E-state index in [0.717, 1.165) is 50.0 Å². The molecule has 0 unspecified atom stereocenters. The van der Waals surface area contributed by atoms with Gasteiger partial charge in [-0.2, -0.15) is 0 Å². The highest BCUT2D eigenvalue weighted by Crippen LogP contribution is 2.29. The smallest absolute Gasteiger partial charge is 0.243 e. The van der Waals surface area contributed by atoms with Gasteiger partial charge in [0.05, 0.1) is 12.6 Å². The molecule has 2 aliphatic rings. The molecule has 0 radical (unpaired) electrons. The molecule has 56 heavy (non-hydrogen) atoms. The van der Waals surface area contributed by atoms with Crippen LogP contribution in [0.1, 0.15) is 110 Å². The number of nitrogens with one attached hydrogen (secondary N) is 4. The molecule has 4 amide bonds. The minimum atomic E-state index is -1.02. The third kappa shape index (κ3) is 15.4. The number of hydrogen-bond donors (Lipinski definition) is 4. The molecule has 0 aromatic heterocycles. The summed E-state index contributed by atoms with van der Waals surface area (Å²) < 4.78 is 5.42. The summed E-state index contributed by atoms with van der Waals surface area (Å²) in [6.45, 7) is 13.3. The van der Waals surface area contributed by atoms with Crippen LogP contribution >= 0.6 is 0 Å². The van der Waals surface area contributed by atoms with E-state index in [1.165, 1.54) is 19.3 Å². The first-order valence-corrected chi connectivity index (χ1v) is 21.0. The van der Waals surface area contributed by atoms with Gasteiger partial charge in [-0.1, -0.05) is 101 Å². The largest absolute Gasteiger partial charge is 0.361 e. The zero-order chi connectivity index (χ0) is 40.5. The Hall–Kier alpha value is -4.09. The Balaban J connectivity index is 1.45. The number of piperidine rings is 1. The first-order chi connectivity index (χ1) is 26.8. The number of Topliss-reactive ketones (excluding diaryl/α,β-unsaturated/α-hetero) is 1. The van der Waals surface area contributed by atoms with E-state index in [4.69, 9.17) is 4.74 Å². The van der Waals surface area contributed by atoms with Gasteiger partial charge in [0.15, 0.2) is 5.78 Å². The molecule has 4 rings (SSSR count). The van der Waals surface area contributed by atoms with Crippen molar-refractivity contribution in [3.05, 3.63) is 71.8 Å². The van der Waals surface area contributed by atoms with E-state index in [-0.39, 0.29) is 29.9 Å². The van der Waals surface area contributed by atoms with Gasteiger partial charge < -0.3 is 30.9 Å². The van der Waals surface area contributed by atoms with Crippen LogP contribution in [0.25, 0.3) is 0 Å². The summed E-state index contributed by atoms with van der Waals surface area (Å²) in [5.74, 6) is -1.64. The maximum atomic E-state index is 14.1. The molecule has 308 valence electrons. The summed E-state index contributed by atoms with van der Waals surface area (Å²) in [6.07, 6.45) is 8.74. The minimum absolute atomic E-state index is 0.0297. The van der Waals surface area contributed by atoms with Gasteiger partial charge >= 0.3 is 0 Å². The zero-order valence-electron chi connectivity index (χ0n) is 34.4. The number of carbonyl (C=O) groups is 5. The molecule has 0 aliphatic carbocycles. The van der Waals surface area contributed by atoms with Crippen molar-refractivity contribution in [1.29, 1.82) is 0 Å². The molecule has 5 atom stereocenters. The molecule has 4 N–H and O–H groups in total. The summed E-state index contributed by atoms with van der Waals surface area (Å²) in [5.41, 5.74) is 0.952. The lowest BCUT2D eigenvalue weighted by molar-refractivity contribution is -0.135. The topological polar surface area (TPSA) is 149 Å². The predicted octanol–water partition coefficient (Wildman–Crippen LogP) is 5.30. The van der Waals surface area contributed by atoms with E-state index in [0.29, 0.717) is 38.7 Å². The highest BCUT2D eigenvalue weighted by atomic mass is 16.6. The standard InChI is InChI=1S/C45H67N5O6/c1-32(2)28-37(41(52)45(5)31-56-45)47-44(55)39(30-35-20-12-7-13-21-35)49-43(54)38(29-33(3)4)48-42(53)36(24-23-34-18-10-6-11-19-34)46-40(51)22-14-8-15-25-50-26-16-9-17-27-50/h6-7,10-13,18-21,32-33,36-39H,8-9,14-17,22-31H2,1-5H3,(H,46,51)(H,47,55)(H,48,53)(H,49,54)/t36-,37-,38-,39-,45+/m0/s1. The zero-order valence-corrected chi connectivity index (χ0v) is 34.4. The van der Waals surface area contributed by atoms with Gasteiger partial charge in [-0.3, -0.25) is 24.0 Å². The van der Waals surface area contributed by atoms with Crippen molar-refractivity contribution >= 4 is 29.4 Å². The van der Waals surface area contributed by atoms with Crippen molar-refractivity contribution in [2.45, 2.75) is 141 Å². The monoisotopic (exact) mass is 774 g/mol. The number of epoxide rings is 1. The summed E-state index contributed by atoms with van der Waals surface area (Å²) >= 11 is 0. The number of rotatable bonds is 24. The molecule has 0 spiro atoms. The fourth-order valence-electron chi connectivity index (χ4n) is 7.37. The van der Waals surface area contributed by atoms with Crippen LogP contribution in [-0.4, -0.2) is 90.3 Å². The van der Waals surface area contributed by atoms with Crippen LogP contribution < -0.4 is 21.3 Å². The van der Waals surface area contributed by atoms with Gasteiger partial charge in [-0.25, -0.2) is 0 Å². The third-order valence-corrected chi connectivity index (χ3v) is 10.7. The van der Waals surface area contributed by atoms with Crippen molar-refractivity contribution in [2.24, 2.45) is 11.8 Å². The second-order valence-electron chi connectivity index (χ2n) is 16.9. The van der Waals surface area contributed by atoms with Crippen molar-refractivity contribution in [3.63, 3.8) is 0 Å². The Morgan fingerprint density at radius 2 is 1.20 bits per heavy atom. The van der Waals surface area contributed by atoms with Crippen molar-refractivity contribution in [3.8, 4) is 0 Å². The molecule has 0 saturated carbocycles. The highest BCUT2D eigenvalue weighted by Gasteiger charge is 2.50. The molecule has 2 aromatic carbocycles. The van der Waals surface area contributed by atoms with Crippen molar-refractivity contribution in [1.82, 2.24) is 26.2 Å². The summed E-state index contributed by atoms with van der Waals surface area (Å²) in [5, 5.41) is 11.8. The summed E-state index contributed by atoms with van der Waals surface area (Å²) in [6, 6.07) is 15.6. The Kier molecular flexibility index (Phi) is 18.0. The first-order valence-electron chi connectivity index (χ1n) is 21.0. The second-order valence-corrected chi connectivity index (χ2v) is 16.9. The molecule has 2 aromatic rings. The Bertz CT molecular complexity index is 1540. The lowest BCUT2D eigenvalue weighted by Crippen LogP contribution is -2.59. The Morgan fingerprint density at radius 3 is 1.80 bits per heavy atom. The fourth-order valence-corrected chi connectivity index (χ4v) is 7.37. The Morgan fingerprint density at radius 1 is 0.661 bits per heavy atom. The van der Waals surface area contributed by atoms with E-state index < -0.39 is 47.5 Å². The molecule has 2 aliphatic heterocycles. The summed E-state index contributed by atoms with van der Waals surface area (Å²) in [4.78, 5) is 71.3. The van der Waals surface area contributed by atoms with Crippen LogP contribution in [0.15, 0.2) is 60.7 Å². The molecule has 0 bridgehead atoms. The lowest BCUT2D eigenvalue weighted by Gasteiger charge is -2.28. The average molecular weight is 774 g/mol. The van der Waals surface area contributed by atoms with Gasteiger partial charge in [0, 0.05) is 12.8 Å². The number of carbonyl (C=O) groups excluding carboxylic acids is 5. The van der Waals surface area contributed by atoms with Crippen LogP contribution in [0, 0.1) is 11.8 Å². The molecule has 2 saturated heterocycles. The van der Waals surface area contributed by atoms with Crippen LogP contribution in [0.3, 0.4) is 0 Å². The van der Waals surface area contributed by atoms with Crippen LogP contribution in [-0.2, 0) is 41.6 Å². The maximum absolute atomic E-state index is 14.1. The molecule has 11 nitrogen and oxygen atoms in total. The fraction of sp³-hybridized carbons (Fsp3) is 0.622. The van der Waals surface area contributed by atoms with Gasteiger partial charge in [0.1, 0.15) is 23.7 Å². The predicted molar refractivity (Wildman–Crippen MR) is 220 cm³/mol. The van der Waals surface area contributed by atoms with E-state index in [9.17, 15) is 24.0 Å². The van der Waals surface area contributed by atoms with E-state index in [1.807, 2.05) is 88.4 Å². The van der Waals surface area contributed by atoms with Crippen molar-refractivity contribution in [2.75, 3.05) is 26.2 Å². The van der Waals surface area contributed by atoms with Crippen molar-refractivity contribution < 1.29 is 28.7 Å². The number of ketones is 1. The van der Waals surface area contributed by atoms with Crippen LogP contribution in [0.5, 0.6) is 0 Å². The molecule has 2 fully saturated rings. The number of amides is 4. The molecular weight excluding hydrogens is 707 g/mol. The van der Waals surface area contributed by atoms with Crippen LogP contribution in [0.2, 0.25) is 0 Å². The van der Waals surface area contributed by atoms with Crippen LogP contribution in [0.4, 0.5) is 0 Å². The van der Waals surface area contributed by atoms with Gasteiger partial charge in [0.2, 0.25) is 23.6 Å². The van der Waals surface area contributed by atoms with E-state index in [2.05, 4.69) is 26.2 Å². The van der Waals surface area contributed by atoms with E-state index >= 15 is 0 Å². The SMILES string of the molecule is CC(C)C[C@H](NC(=O)[C@H](CCc1ccccc1)NC(=O)CCCCCN1CCCCC1)C(=O)N[C@@H](Cc1ccccc1)C(=O)N[C@@H](CC(C)C)C(=O)[C@@]1(C)CO1. The maximum Gasteiger partial charge on any atom is 0.243 e. The van der Waals surface area contributed by atoms with Gasteiger partial charge in [-0.05, 0) is 101 Å². The van der Waals surface area contributed by atoms with Gasteiger partial charge in [0.25, 0.3) is 0 Å². The Labute approximate surface area is 334 Å². The number of ether oxygens (including phenoxy) is 1. The molecule has 2 heterocycles. The normalized spacial score (nSPS) is 19.1. The number of nitrogens with zero attached hydrogens (tertiary/aromatic N) is 1. The van der Waals surface area contributed by atoms with Gasteiger partial charge in [-0.15, -0.1) is 0 Å². The summed E-state index contributed by atoms with van der Waals surface area (Å²) in [7, 11) is 0. The number of likely N-dealkylation sites (tertiary alicyclic amines) is 1. The molecular formula is C45H67N5O6. The number of benzene rings is 2. The number of unbranched alkanes of at least 4 members (excludes halogenated alkanes) is 2. The lowest BCUT2D eigenvalue weighted by atomic mass is 9.93. The average Bonchev–Trinajstić information content (AvgIpc) is 3.94. The third-order valence-electron chi connectivity index (χ3n) is 10.7. The molecule has 11 heteroatoms. The minimum Gasteiger partial charge on any atom is -0.361 e. The second kappa shape index (κ2) is 22.6. The number of aryl methyl sites for hydroxylation is 1.